The summed E-state index contributed by atoms with van der Waals surface area (Å²) in [6, 6.07) is 111. The number of hydrogen-bond donors (Lipinski definition) is 0. The van der Waals surface area contributed by atoms with Crippen molar-refractivity contribution in [2.45, 2.75) is 0 Å². The number of aromatic nitrogens is 6. The Hall–Kier alpha value is -13.4. The first-order valence-electron chi connectivity index (χ1n) is 34.1. The summed E-state index contributed by atoms with van der Waals surface area (Å²) in [5.74, 6) is 0. The Bertz CT molecular complexity index is 6540. The van der Waals surface area contributed by atoms with Gasteiger partial charge in [-0.2, -0.15) is 0 Å². The molecule has 13 aromatic carbocycles. The van der Waals surface area contributed by atoms with Gasteiger partial charge in [-0.05, 0) is 202 Å². The first-order chi connectivity index (χ1) is 49.6. The fourth-order valence-corrected chi connectivity index (χ4v) is 16.6. The molecule has 0 N–H and O–H groups in total. The zero-order valence-electron chi connectivity index (χ0n) is 54.0. The number of fused-ring (bicyclic) bond motifs is 10. The molecule has 2 aliphatic carbocycles. The molecule has 6 nitrogen and oxygen atoms in total. The number of pyridine rings is 4. The zero-order chi connectivity index (χ0) is 65.5. The van der Waals surface area contributed by atoms with E-state index in [4.69, 9.17) is 15.0 Å². The molecule has 2 aliphatic rings. The molecule has 6 heteroatoms. The number of nitrogens with zero attached hydrogens (tertiary/aromatic N) is 6. The molecular formula is C94H56N6. The SMILES string of the molecule is c1ccc(-c2c3c(c(-c4ccc(-c5ccc(-c6c7c(c(-c8ccccc8)c8ccccc68)-c6ccc(-c8ccc(-c9cn%10ccccc%10n9)nc8)c8cccc-7c68)cc5)cc4)c4ccccc24)-c2ccc(-c4ccc(-c5cn6cc(-c7ccccn7)ccc6n5)cc4)c4cccc-3c24)cc1. The third-order valence-electron chi connectivity index (χ3n) is 21.0. The largest absolute Gasteiger partial charge is 0.306 e. The van der Waals surface area contributed by atoms with Crippen LogP contribution in [0, 0.1) is 0 Å². The van der Waals surface area contributed by atoms with Crippen LogP contribution in [0.15, 0.2) is 340 Å². The van der Waals surface area contributed by atoms with Crippen LogP contribution < -0.4 is 0 Å². The monoisotopic (exact) mass is 1270 g/mol. The Morgan fingerprint density at radius 3 is 1.15 bits per heavy atom. The molecule has 19 aromatic rings. The van der Waals surface area contributed by atoms with Crippen LogP contribution in [0.1, 0.15) is 0 Å². The Balaban J connectivity index is 0.659. The van der Waals surface area contributed by atoms with Gasteiger partial charge >= 0.3 is 0 Å². The van der Waals surface area contributed by atoms with E-state index in [0.717, 1.165) is 73.0 Å². The summed E-state index contributed by atoms with van der Waals surface area (Å²) < 4.78 is 4.14. The molecule has 21 rings (SSSR count). The molecule has 0 amide bonds. The lowest BCUT2D eigenvalue weighted by molar-refractivity contribution is 1.18. The van der Waals surface area contributed by atoms with E-state index in [9.17, 15) is 0 Å². The van der Waals surface area contributed by atoms with Crippen molar-refractivity contribution in [1.82, 2.24) is 28.7 Å². The molecule has 0 bridgehead atoms. The molecule has 0 aliphatic heterocycles. The Morgan fingerprint density at radius 2 is 0.620 bits per heavy atom. The Morgan fingerprint density at radius 1 is 0.200 bits per heavy atom. The van der Waals surface area contributed by atoms with Crippen molar-refractivity contribution < 1.29 is 0 Å². The molecule has 0 saturated carbocycles. The minimum Gasteiger partial charge on any atom is -0.306 e. The molecule has 0 fully saturated rings. The molecule has 0 radical (unpaired) electrons. The van der Waals surface area contributed by atoms with E-state index in [2.05, 4.69) is 289 Å². The van der Waals surface area contributed by atoms with E-state index in [1.54, 1.807) is 0 Å². The highest BCUT2D eigenvalue weighted by atomic mass is 15.0. The van der Waals surface area contributed by atoms with E-state index in [0.29, 0.717) is 0 Å². The first kappa shape index (κ1) is 55.8. The van der Waals surface area contributed by atoms with E-state index in [-0.39, 0.29) is 0 Å². The smallest absolute Gasteiger partial charge is 0.137 e. The van der Waals surface area contributed by atoms with Crippen LogP contribution in [0.2, 0.25) is 0 Å². The second-order valence-electron chi connectivity index (χ2n) is 26.4. The van der Waals surface area contributed by atoms with Gasteiger partial charge in [0.05, 0.1) is 17.1 Å². The zero-order valence-corrected chi connectivity index (χ0v) is 54.0. The fraction of sp³-hybridized carbons (Fsp3) is 0. The van der Waals surface area contributed by atoms with Crippen LogP contribution in [0.4, 0.5) is 0 Å². The van der Waals surface area contributed by atoms with Crippen molar-refractivity contribution in [1.29, 1.82) is 0 Å². The highest BCUT2D eigenvalue weighted by Gasteiger charge is 2.34. The third kappa shape index (κ3) is 8.57. The summed E-state index contributed by atoms with van der Waals surface area (Å²) in [5, 5.41) is 9.92. The van der Waals surface area contributed by atoms with Crippen molar-refractivity contribution in [3.63, 3.8) is 0 Å². The number of benzene rings is 13. The van der Waals surface area contributed by atoms with E-state index >= 15 is 0 Å². The maximum atomic E-state index is 5.04. The summed E-state index contributed by atoms with van der Waals surface area (Å²) in [4.78, 5) is 19.5. The molecular weight excluding hydrogens is 1210 g/mol. The van der Waals surface area contributed by atoms with Crippen LogP contribution in [0.25, 0.3) is 211 Å². The van der Waals surface area contributed by atoms with Crippen molar-refractivity contribution in [3.8, 4) is 156 Å². The lowest BCUT2D eigenvalue weighted by Gasteiger charge is -2.21. The second-order valence-corrected chi connectivity index (χ2v) is 26.4. The Labute approximate surface area is 576 Å². The lowest BCUT2D eigenvalue weighted by atomic mass is 9.82. The van der Waals surface area contributed by atoms with Gasteiger partial charge in [0, 0.05) is 53.9 Å². The number of hydrogen-bond acceptors (Lipinski definition) is 4. The second kappa shape index (κ2) is 22.1. The summed E-state index contributed by atoms with van der Waals surface area (Å²) in [6.45, 7) is 0. The van der Waals surface area contributed by atoms with Gasteiger partial charge in [0.25, 0.3) is 0 Å². The quantitative estimate of drug-likeness (QED) is 0.137. The summed E-state index contributed by atoms with van der Waals surface area (Å²) in [6.07, 6.45) is 12.1. The fourth-order valence-electron chi connectivity index (χ4n) is 16.6. The highest BCUT2D eigenvalue weighted by Crippen LogP contribution is 2.61. The summed E-state index contributed by atoms with van der Waals surface area (Å²) in [5.41, 5.74) is 34.3. The predicted octanol–water partition coefficient (Wildman–Crippen LogP) is 24.3. The molecule has 0 unspecified atom stereocenters. The van der Waals surface area contributed by atoms with Crippen molar-refractivity contribution in [2.75, 3.05) is 0 Å². The van der Waals surface area contributed by atoms with Gasteiger partial charge in [-0.1, -0.05) is 261 Å². The van der Waals surface area contributed by atoms with Crippen LogP contribution in [0.5, 0.6) is 0 Å². The van der Waals surface area contributed by atoms with Crippen molar-refractivity contribution >= 4 is 54.4 Å². The molecule has 462 valence electrons. The summed E-state index contributed by atoms with van der Waals surface area (Å²) in [7, 11) is 0. The molecule has 0 spiro atoms. The third-order valence-corrected chi connectivity index (χ3v) is 21.0. The lowest BCUT2D eigenvalue weighted by Crippen LogP contribution is -1.94. The first-order valence-corrected chi connectivity index (χ1v) is 34.1. The van der Waals surface area contributed by atoms with Crippen molar-refractivity contribution in [3.05, 3.63) is 340 Å². The van der Waals surface area contributed by atoms with Crippen LogP contribution in [-0.2, 0) is 0 Å². The number of rotatable bonds is 10. The molecule has 100 heavy (non-hydrogen) atoms. The van der Waals surface area contributed by atoms with Gasteiger partial charge < -0.3 is 8.80 Å². The van der Waals surface area contributed by atoms with Gasteiger partial charge in [0.2, 0.25) is 0 Å². The minimum atomic E-state index is 0.844. The Kier molecular flexibility index (Phi) is 12.3. The molecule has 0 saturated heterocycles. The minimum absolute atomic E-state index is 0.844. The van der Waals surface area contributed by atoms with Gasteiger partial charge in [-0.3, -0.25) is 9.97 Å². The van der Waals surface area contributed by atoms with Gasteiger partial charge in [-0.25, -0.2) is 9.97 Å². The van der Waals surface area contributed by atoms with Crippen molar-refractivity contribution in [2.24, 2.45) is 0 Å². The maximum absolute atomic E-state index is 5.04. The normalized spacial score (nSPS) is 12.0. The molecule has 6 aromatic heterocycles. The molecule has 0 atom stereocenters. The van der Waals surface area contributed by atoms with Gasteiger partial charge in [-0.15, -0.1) is 0 Å². The van der Waals surface area contributed by atoms with E-state index < -0.39 is 0 Å². The predicted molar refractivity (Wildman–Crippen MR) is 413 cm³/mol. The highest BCUT2D eigenvalue weighted by molar-refractivity contribution is 6.31. The average molecular weight is 1270 g/mol. The van der Waals surface area contributed by atoms with Crippen LogP contribution >= 0.6 is 0 Å². The van der Waals surface area contributed by atoms with Gasteiger partial charge in [0.15, 0.2) is 0 Å². The van der Waals surface area contributed by atoms with Crippen LogP contribution in [0.3, 0.4) is 0 Å². The average Bonchev–Trinajstić information content (AvgIpc) is 1.53. The topological polar surface area (TPSA) is 60.4 Å². The maximum Gasteiger partial charge on any atom is 0.137 e. The van der Waals surface area contributed by atoms with Crippen LogP contribution in [-0.4, -0.2) is 28.7 Å². The number of imidazole rings is 2. The van der Waals surface area contributed by atoms with Gasteiger partial charge in [0.1, 0.15) is 17.0 Å². The summed E-state index contributed by atoms with van der Waals surface area (Å²) >= 11 is 0. The van der Waals surface area contributed by atoms with E-state index in [1.165, 1.54) is 138 Å². The standard InChI is InChI=1S/C94H56N6/c1-3-17-61(18-4-1)85-71-21-7-10-24-74(71)88(94-77-47-45-67(69-25-15-27-75(89(69)77)91(85)94)59-35-37-60(38-36-59)81-55-100-54-66(44-50-84(100)97-81)79-29-11-13-51-95-79)64-41-33-58(34-42-64)57-31-39-63(40-32-57)87-73-23-9-8-22-72(73)86(62-19-5-2-6-20-62)93-78-48-46-68(70-26-16-28-76(90(70)78)92(87)93)65-43-49-80(96-53-65)82-56-99-52-14-12-30-83(99)98-82/h1-56H. The molecule has 6 heterocycles. The van der Waals surface area contributed by atoms with E-state index in [1.807, 2.05) is 65.6 Å².